The van der Waals surface area contributed by atoms with Crippen molar-refractivity contribution in [2.45, 2.75) is 19.3 Å². The molecule has 0 bridgehead atoms. The number of para-hydroxylation sites is 2. The van der Waals surface area contributed by atoms with Gasteiger partial charge in [-0.1, -0.05) is 166 Å². The Morgan fingerprint density at radius 2 is 1.05 bits per heavy atom. The highest BCUT2D eigenvalue weighted by atomic mass is 16.3. The number of benzene rings is 9. The van der Waals surface area contributed by atoms with Crippen LogP contribution in [0.1, 0.15) is 25.0 Å². The van der Waals surface area contributed by atoms with Crippen molar-refractivity contribution in [2.24, 2.45) is 0 Å². The van der Waals surface area contributed by atoms with Crippen LogP contribution in [0.5, 0.6) is 0 Å². The molecule has 55 heavy (non-hydrogen) atoms. The van der Waals surface area contributed by atoms with Crippen LogP contribution in [0.3, 0.4) is 0 Å². The number of rotatable bonds is 5. The van der Waals surface area contributed by atoms with Gasteiger partial charge in [0.25, 0.3) is 0 Å². The minimum atomic E-state index is -0.0974. The van der Waals surface area contributed by atoms with E-state index >= 15 is 0 Å². The van der Waals surface area contributed by atoms with Gasteiger partial charge in [-0.25, -0.2) is 0 Å². The van der Waals surface area contributed by atoms with Crippen LogP contribution in [0.15, 0.2) is 192 Å². The third kappa shape index (κ3) is 4.74. The second-order valence-corrected chi connectivity index (χ2v) is 15.2. The SMILES string of the molecule is CC1(C)c2ccccc2-c2c(-c3ccccc3N(c3cccc(-c4cccc5oc6ccccc6c45)c3)c3cccc4c3ccc3ccccc34)cccc21. The third-order valence-corrected chi connectivity index (χ3v) is 11.9. The largest absolute Gasteiger partial charge is 0.456 e. The highest BCUT2D eigenvalue weighted by Gasteiger charge is 2.37. The molecule has 0 saturated carbocycles. The van der Waals surface area contributed by atoms with Crippen molar-refractivity contribution < 1.29 is 4.42 Å². The van der Waals surface area contributed by atoms with Crippen LogP contribution < -0.4 is 4.90 Å². The summed E-state index contributed by atoms with van der Waals surface area (Å²) < 4.78 is 6.34. The van der Waals surface area contributed by atoms with E-state index in [2.05, 4.69) is 201 Å². The lowest BCUT2D eigenvalue weighted by atomic mass is 9.82. The van der Waals surface area contributed by atoms with Crippen LogP contribution in [0, 0.1) is 0 Å². The van der Waals surface area contributed by atoms with Gasteiger partial charge in [0.1, 0.15) is 11.2 Å². The van der Waals surface area contributed by atoms with Crippen molar-refractivity contribution >= 4 is 60.5 Å². The maximum atomic E-state index is 6.34. The molecule has 0 N–H and O–H groups in total. The Morgan fingerprint density at radius 3 is 1.98 bits per heavy atom. The van der Waals surface area contributed by atoms with Crippen LogP contribution >= 0.6 is 0 Å². The molecule has 1 aliphatic rings. The van der Waals surface area contributed by atoms with E-state index in [0.29, 0.717) is 0 Å². The highest BCUT2D eigenvalue weighted by Crippen LogP contribution is 2.54. The molecule has 0 spiro atoms. The normalized spacial score (nSPS) is 13.1. The first-order valence-electron chi connectivity index (χ1n) is 19.1. The minimum absolute atomic E-state index is 0.0974. The molecule has 0 aliphatic heterocycles. The Bertz CT molecular complexity index is 3150. The van der Waals surface area contributed by atoms with Crippen molar-refractivity contribution in [1.29, 1.82) is 0 Å². The summed E-state index contributed by atoms with van der Waals surface area (Å²) in [7, 11) is 0. The molecular weight excluding hydrogens is 667 g/mol. The highest BCUT2D eigenvalue weighted by molar-refractivity contribution is 6.15. The van der Waals surface area contributed by atoms with Crippen molar-refractivity contribution in [3.63, 3.8) is 0 Å². The number of anilines is 3. The van der Waals surface area contributed by atoms with Gasteiger partial charge in [0, 0.05) is 32.8 Å². The molecule has 0 radical (unpaired) electrons. The lowest BCUT2D eigenvalue weighted by molar-refractivity contribution is 0.660. The summed E-state index contributed by atoms with van der Waals surface area (Å²) in [6.45, 7) is 4.71. The van der Waals surface area contributed by atoms with Gasteiger partial charge in [-0.2, -0.15) is 0 Å². The standard InChI is InChI=1S/C53H37NO/c1-53(2)45-25-8-5-20-43(45)51-42(24-12-26-46(51)53)40-19-6-9-27-47(40)54(48-28-13-23-39-37-18-4-3-15-34(37)31-32-41(39)48)36-17-11-16-35(33-36)38-22-14-30-50-52(38)44-21-7-10-29-49(44)55-50/h3-33H,1-2H3. The molecule has 2 heteroatoms. The first-order chi connectivity index (χ1) is 27.1. The van der Waals surface area contributed by atoms with Crippen LogP contribution in [0.2, 0.25) is 0 Å². The molecule has 0 fully saturated rings. The zero-order valence-corrected chi connectivity index (χ0v) is 30.8. The van der Waals surface area contributed by atoms with Gasteiger partial charge in [-0.05, 0) is 91.5 Å². The second-order valence-electron chi connectivity index (χ2n) is 15.2. The molecule has 0 saturated heterocycles. The molecule has 9 aromatic carbocycles. The van der Waals surface area contributed by atoms with Crippen molar-refractivity contribution in [3.05, 3.63) is 199 Å². The third-order valence-electron chi connectivity index (χ3n) is 11.9. The van der Waals surface area contributed by atoms with Gasteiger partial charge in [-0.3, -0.25) is 0 Å². The molecule has 11 rings (SSSR count). The number of fused-ring (bicyclic) bond motifs is 9. The Hall–Kier alpha value is -6.90. The summed E-state index contributed by atoms with van der Waals surface area (Å²) in [6, 6.07) is 68.5. The van der Waals surface area contributed by atoms with E-state index in [-0.39, 0.29) is 5.41 Å². The molecular formula is C53H37NO. The Balaban J connectivity index is 1.19. The number of furan rings is 1. The van der Waals surface area contributed by atoms with Crippen LogP contribution in [-0.4, -0.2) is 0 Å². The van der Waals surface area contributed by atoms with E-state index in [1.807, 2.05) is 6.07 Å². The zero-order chi connectivity index (χ0) is 36.7. The minimum Gasteiger partial charge on any atom is -0.456 e. The number of hydrogen-bond donors (Lipinski definition) is 0. The predicted octanol–water partition coefficient (Wildman–Crippen LogP) is 15.0. The average Bonchev–Trinajstić information content (AvgIpc) is 3.73. The van der Waals surface area contributed by atoms with Gasteiger partial charge >= 0.3 is 0 Å². The molecule has 2 nitrogen and oxygen atoms in total. The zero-order valence-electron chi connectivity index (χ0n) is 30.8. The molecule has 1 heterocycles. The summed E-state index contributed by atoms with van der Waals surface area (Å²) in [4.78, 5) is 2.48. The molecule has 10 aromatic rings. The van der Waals surface area contributed by atoms with E-state index in [9.17, 15) is 0 Å². The lowest BCUT2D eigenvalue weighted by Crippen LogP contribution is -2.15. The van der Waals surface area contributed by atoms with Gasteiger partial charge < -0.3 is 9.32 Å². The van der Waals surface area contributed by atoms with Gasteiger partial charge in [-0.15, -0.1) is 0 Å². The van der Waals surface area contributed by atoms with Crippen molar-refractivity contribution in [3.8, 4) is 33.4 Å². The Kier molecular flexibility index (Phi) is 6.93. The Labute approximate surface area is 320 Å². The van der Waals surface area contributed by atoms with Gasteiger partial charge in [0.05, 0.1) is 11.4 Å². The maximum absolute atomic E-state index is 6.34. The summed E-state index contributed by atoms with van der Waals surface area (Å²) in [6.07, 6.45) is 0. The smallest absolute Gasteiger partial charge is 0.136 e. The topological polar surface area (TPSA) is 16.4 Å². The summed E-state index contributed by atoms with van der Waals surface area (Å²) in [5, 5.41) is 7.20. The quantitative estimate of drug-likeness (QED) is 0.166. The Morgan fingerprint density at radius 1 is 0.418 bits per heavy atom. The monoisotopic (exact) mass is 703 g/mol. The number of hydrogen-bond acceptors (Lipinski definition) is 2. The molecule has 0 unspecified atom stereocenters. The average molecular weight is 704 g/mol. The fraction of sp³-hybridized carbons (Fsp3) is 0.0566. The van der Waals surface area contributed by atoms with Crippen LogP contribution in [0.4, 0.5) is 17.1 Å². The van der Waals surface area contributed by atoms with Crippen molar-refractivity contribution in [2.75, 3.05) is 4.90 Å². The molecule has 0 atom stereocenters. The predicted molar refractivity (Wildman–Crippen MR) is 232 cm³/mol. The molecule has 0 amide bonds. The van der Waals surface area contributed by atoms with E-state index < -0.39 is 0 Å². The molecule has 1 aromatic heterocycles. The first-order valence-corrected chi connectivity index (χ1v) is 19.1. The van der Waals surface area contributed by atoms with E-state index in [0.717, 1.165) is 50.1 Å². The first kappa shape index (κ1) is 31.6. The maximum Gasteiger partial charge on any atom is 0.136 e. The van der Waals surface area contributed by atoms with E-state index in [1.54, 1.807) is 0 Å². The molecule has 1 aliphatic carbocycles. The lowest BCUT2D eigenvalue weighted by Gasteiger charge is -2.30. The van der Waals surface area contributed by atoms with Gasteiger partial charge in [0.15, 0.2) is 0 Å². The summed E-state index contributed by atoms with van der Waals surface area (Å²) in [5.41, 5.74) is 15.2. The second kappa shape index (κ2) is 12.1. The molecule has 260 valence electrons. The van der Waals surface area contributed by atoms with Gasteiger partial charge in [0.2, 0.25) is 0 Å². The van der Waals surface area contributed by atoms with Crippen LogP contribution in [0.25, 0.3) is 76.9 Å². The van der Waals surface area contributed by atoms with Crippen molar-refractivity contribution in [1.82, 2.24) is 0 Å². The van der Waals surface area contributed by atoms with Crippen LogP contribution in [-0.2, 0) is 5.41 Å². The van der Waals surface area contributed by atoms with E-state index in [1.165, 1.54) is 54.9 Å². The fourth-order valence-corrected chi connectivity index (χ4v) is 9.33. The van der Waals surface area contributed by atoms with E-state index in [4.69, 9.17) is 4.42 Å². The summed E-state index contributed by atoms with van der Waals surface area (Å²) in [5.74, 6) is 0. The fourth-order valence-electron chi connectivity index (χ4n) is 9.33. The number of nitrogens with zero attached hydrogens (tertiary/aromatic N) is 1. The summed E-state index contributed by atoms with van der Waals surface area (Å²) >= 11 is 0.